The van der Waals surface area contributed by atoms with Gasteiger partial charge in [-0.15, -0.1) is 0 Å². The summed E-state index contributed by atoms with van der Waals surface area (Å²) < 4.78 is 28.9. The molecule has 174 valence electrons. The summed E-state index contributed by atoms with van der Waals surface area (Å²) in [6, 6.07) is 7.98. The van der Waals surface area contributed by atoms with E-state index in [9.17, 15) is 23.2 Å². The van der Waals surface area contributed by atoms with Gasteiger partial charge in [0.15, 0.2) is 11.6 Å². The number of pyridine rings is 2. The number of benzene rings is 1. The smallest absolute Gasteiger partial charge is 0.331 e. The van der Waals surface area contributed by atoms with Gasteiger partial charge in [-0.2, -0.15) is 0 Å². The highest BCUT2D eigenvalue weighted by Gasteiger charge is 2.16. The molecule has 1 aromatic carbocycles. The molecule has 0 unspecified atom stereocenters. The molecule has 0 atom stereocenters. The number of nitrogens with zero attached hydrogens (tertiary/aromatic N) is 4. The van der Waals surface area contributed by atoms with Crippen molar-refractivity contribution in [3.05, 3.63) is 98.1 Å². The number of anilines is 1. The Bertz CT molecular complexity index is 1530. The maximum Gasteiger partial charge on any atom is 0.331 e. The predicted octanol–water partition coefficient (Wildman–Crippen LogP) is 1.79. The van der Waals surface area contributed by atoms with Crippen LogP contribution in [0, 0.1) is 11.6 Å². The first kappa shape index (κ1) is 22.8. The zero-order valence-electron chi connectivity index (χ0n) is 18.3. The van der Waals surface area contributed by atoms with E-state index in [0.29, 0.717) is 5.82 Å². The van der Waals surface area contributed by atoms with Crippen molar-refractivity contribution in [3.63, 3.8) is 0 Å². The molecule has 0 spiro atoms. The Labute approximate surface area is 191 Å². The van der Waals surface area contributed by atoms with Gasteiger partial charge in [-0.25, -0.2) is 23.5 Å². The summed E-state index contributed by atoms with van der Waals surface area (Å²) in [4.78, 5) is 46.7. The Kier molecular flexibility index (Phi) is 6.17. The van der Waals surface area contributed by atoms with E-state index in [-0.39, 0.29) is 35.2 Å². The zero-order valence-corrected chi connectivity index (χ0v) is 18.3. The first-order valence-electron chi connectivity index (χ1n) is 10.2. The van der Waals surface area contributed by atoms with Crippen molar-refractivity contribution in [2.45, 2.75) is 13.1 Å². The van der Waals surface area contributed by atoms with Crippen molar-refractivity contribution in [2.75, 3.05) is 12.4 Å². The van der Waals surface area contributed by atoms with Gasteiger partial charge in [-0.1, -0.05) is 6.07 Å². The second-order valence-electron chi connectivity index (χ2n) is 7.55. The Balaban J connectivity index is 1.66. The molecule has 3 heterocycles. The highest BCUT2D eigenvalue weighted by atomic mass is 19.2. The van der Waals surface area contributed by atoms with Crippen LogP contribution in [0.2, 0.25) is 0 Å². The monoisotopic (exact) mass is 466 g/mol. The van der Waals surface area contributed by atoms with E-state index >= 15 is 0 Å². The SMILES string of the molecule is CNc1cc(CNC(=O)c2cc3c(=O)n(Cc4ccc(F)c(F)c4)c(=O)n(C)c3cn2)ccn1. The third-order valence-electron chi connectivity index (χ3n) is 5.33. The van der Waals surface area contributed by atoms with E-state index in [0.717, 1.165) is 22.3 Å². The van der Waals surface area contributed by atoms with Gasteiger partial charge in [-0.3, -0.25) is 18.7 Å². The molecule has 2 N–H and O–H groups in total. The number of rotatable bonds is 6. The van der Waals surface area contributed by atoms with Gasteiger partial charge in [0.2, 0.25) is 0 Å². The molecule has 0 aliphatic carbocycles. The minimum atomic E-state index is -1.08. The standard InChI is InChI=1S/C23H20F2N6O3/c1-26-20-8-13(5-6-27-20)10-29-21(32)18-9-15-19(11-28-18)30(2)23(34)31(22(15)33)12-14-3-4-16(24)17(25)7-14/h3-9,11H,10,12H2,1-2H3,(H,26,27)(H,29,32). The van der Waals surface area contributed by atoms with Crippen LogP contribution in [0.5, 0.6) is 0 Å². The van der Waals surface area contributed by atoms with Crippen LogP contribution in [-0.4, -0.2) is 32.1 Å². The summed E-state index contributed by atoms with van der Waals surface area (Å²) in [6.45, 7) is -0.0538. The van der Waals surface area contributed by atoms with E-state index in [1.165, 1.54) is 29.9 Å². The Morgan fingerprint density at radius 1 is 1.03 bits per heavy atom. The predicted molar refractivity (Wildman–Crippen MR) is 122 cm³/mol. The number of aromatic nitrogens is 4. The van der Waals surface area contributed by atoms with Crippen molar-refractivity contribution in [1.29, 1.82) is 0 Å². The van der Waals surface area contributed by atoms with Crippen LogP contribution in [-0.2, 0) is 20.1 Å². The highest BCUT2D eigenvalue weighted by molar-refractivity contribution is 5.95. The molecule has 1 amide bonds. The van der Waals surface area contributed by atoms with Gasteiger partial charge >= 0.3 is 5.69 Å². The third kappa shape index (κ3) is 4.40. The number of carbonyl (C=O) groups is 1. The summed E-state index contributed by atoms with van der Waals surface area (Å²) in [6.07, 6.45) is 2.89. The van der Waals surface area contributed by atoms with Crippen LogP contribution in [0.15, 0.2) is 58.4 Å². The molecule has 3 aromatic heterocycles. The first-order valence-corrected chi connectivity index (χ1v) is 10.2. The average Bonchev–Trinajstić information content (AvgIpc) is 2.85. The molecule has 0 radical (unpaired) electrons. The molecule has 34 heavy (non-hydrogen) atoms. The van der Waals surface area contributed by atoms with Crippen LogP contribution in [0.4, 0.5) is 14.6 Å². The lowest BCUT2D eigenvalue weighted by Gasteiger charge is -2.12. The maximum atomic E-state index is 13.6. The largest absolute Gasteiger partial charge is 0.373 e. The van der Waals surface area contributed by atoms with E-state index in [1.54, 1.807) is 25.4 Å². The number of aryl methyl sites for hydroxylation is 1. The van der Waals surface area contributed by atoms with E-state index in [4.69, 9.17) is 0 Å². The number of nitrogens with one attached hydrogen (secondary N) is 2. The summed E-state index contributed by atoms with van der Waals surface area (Å²) in [5.41, 5.74) is -0.0507. The molecule has 9 nitrogen and oxygen atoms in total. The molecule has 0 bridgehead atoms. The number of hydrogen-bond donors (Lipinski definition) is 2. The van der Waals surface area contributed by atoms with Gasteiger partial charge in [-0.05, 0) is 41.5 Å². The van der Waals surface area contributed by atoms with Crippen LogP contribution < -0.4 is 21.9 Å². The van der Waals surface area contributed by atoms with Crippen molar-refractivity contribution < 1.29 is 13.6 Å². The molecular formula is C23H20F2N6O3. The third-order valence-corrected chi connectivity index (χ3v) is 5.33. The number of amides is 1. The number of hydrogen-bond acceptors (Lipinski definition) is 6. The molecule has 11 heteroatoms. The second kappa shape index (κ2) is 9.22. The summed E-state index contributed by atoms with van der Waals surface area (Å²) in [7, 11) is 3.19. The molecule has 0 saturated heterocycles. The van der Waals surface area contributed by atoms with E-state index in [2.05, 4.69) is 20.6 Å². The Hall–Kier alpha value is -4.41. The number of halogens is 2. The summed E-state index contributed by atoms with van der Waals surface area (Å²) >= 11 is 0. The van der Waals surface area contributed by atoms with Crippen molar-refractivity contribution in [2.24, 2.45) is 7.05 Å². The summed E-state index contributed by atoms with van der Waals surface area (Å²) in [5, 5.41) is 5.73. The fraction of sp³-hybridized carbons (Fsp3) is 0.174. The topological polar surface area (TPSA) is 111 Å². The summed E-state index contributed by atoms with van der Waals surface area (Å²) in [5.74, 6) is -1.97. The molecule has 4 rings (SSSR count). The van der Waals surface area contributed by atoms with Crippen molar-refractivity contribution in [1.82, 2.24) is 24.4 Å². The Morgan fingerprint density at radius 2 is 1.82 bits per heavy atom. The van der Waals surface area contributed by atoms with Crippen molar-refractivity contribution in [3.8, 4) is 0 Å². The minimum Gasteiger partial charge on any atom is -0.373 e. The highest BCUT2D eigenvalue weighted by Crippen LogP contribution is 2.12. The quantitative estimate of drug-likeness (QED) is 0.448. The molecular weight excluding hydrogens is 446 g/mol. The normalized spacial score (nSPS) is 10.9. The van der Waals surface area contributed by atoms with Crippen LogP contribution >= 0.6 is 0 Å². The van der Waals surface area contributed by atoms with E-state index in [1.807, 2.05) is 0 Å². The van der Waals surface area contributed by atoms with Gasteiger partial charge in [0, 0.05) is 26.8 Å². The fourth-order valence-corrected chi connectivity index (χ4v) is 3.48. The number of carbonyl (C=O) groups excluding carboxylic acids is 1. The maximum absolute atomic E-state index is 13.6. The van der Waals surface area contributed by atoms with Crippen LogP contribution in [0.3, 0.4) is 0 Å². The van der Waals surface area contributed by atoms with Crippen LogP contribution in [0.25, 0.3) is 10.9 Å². The molecule has 0 aliphatic rings. The Morgan fingerprint density at radius 3 is 2.56 bits per heavy atom. The van der Waals surface area contributed by atoms with Gasteiger partial charge in [0.25, 0.3) is 11.5 Å². The fourth-order valence-electron chi connectivity index (χ4n) is 3.48. The number of fused-ring (bicyclic) bond motifs is 1. The van der Waals surface area contributed by atoms with Gasteiger partial charge < -0.3 is 10.6 Å². The lowest BCUT2D eigenvalue weighted by Crippen LogP contribution is -2.39. The second-order valence-corrected chi connectivity index (χ2v) is 7.55. The van der Waals surface area contributed by atoms with Crippen molar-refractivity contribution >= 4 is 22.6 Å². The van der Waals surface area contributed by atoms with E-state index < -0.39 is 28.8 Å². The van der Waals surface area contributed by atoms with Gasteiger partial charge in [0.05, 0.1) is 23.6 Å². The minimum absolute atomic E-state index is 0.00878. The lowest BCUT2D eigenvalue weighted by molar-refractivity contribution is 0.0946. The van der Waals surface area contributed by atoms with Crippen LogP contribution in [0.1, 0.15) is 21.6 Å². The van der Waals surface area contributed by atoms with Gasteiger partial charge in [0.1, 0.15) is 11.5 Å². The molecule has 0 aliphatic heterocycles. The molecule has 4 aromatic rings. The lowest BCUT2D eigenvalue weighted by atomic mass is 10.2. The molecule has 0 saturated carbocycles. The average molecular weight is 466 g/mol. The molecule has 0 fully saturated rings. The zero-order chi connectivity index (χ0) is 24.4. The first-order chi connectivity index (χ1) is 16.3.